The lowest BCUT2D eigenvalue weighted by atomic mass is 9.85. The molecule has 1 heterocycles. The monoisotopic (exact) mass is 480 g/mol. The molecule has 0 saturated carbocycles. The minimum Gasteiger partial charge on any atom is -0.389 e. The maximum Gasteiger partial charge on any atom is 0.217 e. The third kappa shape index (κ3) is 6.51. The summed E-state index contributed by atoms with van der Waals surface area (Å²) in [6.45, 7) is 1.99. The lowest BCUT2D eigenvalue weighted by Crippen LogP contribution is -2.50. The van der Waals surface area contributed by atoms with Crippen molar-refractivity contribution in [1.29, 1.82) is 0 Å². The number of benzene rings is 2. The number of alkyl halides is 1. The molecule has 0 radical (unpaired) electrons. The van der Waals surface area contributed by atoms with Gasteiger partial charge in [0.1, 0.15) is 0 Å². The van der Waals surface area contributed by atoms with Crippen molar-refractivity contribution in [2.75, 3.05) is 13.1 Å². The zero-order valence-electron chi connectivity index (χ0n) is 17.9. The van der Waals surface area contributed by atoms with E-state index in [9.17, 15) is 14.7 Å². The van der Waals surface area contributed by atoms with Crippen LogP contribution in [0.1, 0.15) is 42.1 Å². The van der Waals surface area contributed by atoms with E-state index in [0.717, 1.165) is 5.56 Å². The highest BCUT2D eigenvalue weighted by Crippen LogP contribution is 2.31. The number of carbonyl (C=O) groups is 2. The molecule has 1 aliphatic rings. The van der Waals surface area contributed by atoms with E-state index in [0.29, 0.717) is 48.0 Å². The molecule has 1 fully saturated rings. The molecule has 1 amide bonds. The number of hydrogen-bond acceptors (Lipinski definition) is 4. The van der Waals surface area contributed by atoms with Gasteiger partial charge in [0, 0.05) is 38.4 Å². The van der Waals surface area contributed by atoms with Crippen LogP contribution in [0.2, 0.25) is 10.0 Å². The fourth-order valence-corrected chi connectivity index (χ4v) is 4.37. The molecule has 5 nitrogen and oxygen atoms in total. The van der Waals surface area contributed by atoms with E-state index in [1.165, 1.54) is 6.92 Å². The Labute approximate surface area is 197 Å². The van der Waals surface area contributed by atoms with Crippen LogP contribution in [0.15, 0.2) is 48.5 Å². The van der Waals surface area contributed by atoms with Gasteiger partial charge in [-0.15, -0.1) is 0 Å². The average Bonchev–Trinajstić information content (AvgIpc) is 2.76. The number of carbonyl (C=O) groups excluding carboxylic acids is 2. The zero-order valence-corrected chi connectivity index (χ0v) is 19.4. The molecule has 3 rings (SSSR count). The summed E-state index contributed by atoms with van der Waals surface area (Å²) in [5.74, 6) is -0.710. The number of aliphatic hydroxyl groups is 1. The van der Waals surface area contributed by atoms with E-state index in [-0.39, 0.29) is 18.1 Å². The Morgan fingerprint density at radius 3 is 2.38 bits per heavy atom. The van der Waals surface area contributed by atoms with Crippen LogP contribution >= 0.6 is 23.2 Å². The Balaban J connectivity index is 1.60. The number of halogens is 3. The highest BCUT2D eigenvalue weighted by atomic mass is 35.5. The summed E-state index contributed by atoms with van der Waals surface area (Å²) in [5, 5.41) is 14.5. The largest absolute Gasteiger partial charge is 0.389 e. The third-order valence-electron chi connectivity index (χ3n) is 5.82. The summed E-state index contributed by atoms with van der Waals surface area (Å²) < 4.78 is 15.1. The van der Waals surface area contributed by atoms with Crippen LogP contribution in [0.25, 0.3) is 0 Å². The standard InChI is InChI=1S/C24H27Cl2FN2O3/c1-16(30)28-21(23(31)18-5-3-2-4-6-18)14-22(27)29-11-9-24(32,10-12-29)15-17-7-8-19(25)20(26)13-17/h2-8,13,21-22,32H,9-12,14-15H2,1H3,(H,28,30). The third-order valence-corrected chi connectivity index (χ3v) is 6.56. The van der Waals surface area contributed by atoms with Gasteiger partial charge in [-0.05, 0) is 30.5 Å². The Morgan fingerprint density at radius 1 is 1.12 bits per heavy atom. The maximum absolute atomic E-state index is 15.1. The molecule has 32 heavy (non-hydrogen) atoms. The topological polar surface area (TPSA) is 69.6 Å². The van der Waals surface area contributed by atoms with Gasteiger partial charge in [0.05, 0.1) is 21.7 Å². The van der Waals surface area contributed by atoms with Crippen LogP contribution in [-0.4, -0.2) is 52.7 Å². The van der Waals surface area contributed by atoms with Gasteiger partial charge >= 0.3 is 0 Å². The predicted molar refractivity (Wildman–Crippen MR) is 124 cm³/mol. The first-order valence-corrected chi connectivity index (χ1v) is 11.3. The van der Waals surface area contributed by atoms with Crippen LogP contribution < -0.4 is 5.32 Å². The van der Waals surface area contributed by atoms with Crippen molar-refractivity contribution < 1.29 is 19.1 Å². The van der Waals surface area contributed by atoms with Crippen molar-refractivity contribution in [2.24, 2.45) is 0 Å². The summed E-state index contributed by atoms with van der Waals surface area (Å²) in [6, 6.07) is 12.8. The zero-order chi connectivity index (χ0) is 23.3. The highest BCUT2D eigenvalue weighted by Gasteiger charge is 2.36. The quantitative estimate of drug-likeness (QED) is 0.432. The number of hydrogen-bond donors (Lipinski definition) is 2. The highest BCUT2D eigenvalue weighted by molar-refractivity contribution is 6.42. The van der Waals surface area contributed by atoms with Crippen molar-refractivity contribution in [3.8, 4) is 0 Å². The molecule has 2 N–H and O–H groups in total. The maximum atomic E-state index is 15.1. The van der Waals surface area contributed by atoms with Crippen molar-refractivity contribution in [3.05, 3.63) is 69.7 Å². The number of nitrogens with one attached hydrogen (secondary N) is 1. The summed E-state index contributed by atoms with van der Waals surface area (Å²) >= 11 is 12.0. The molecule has 8 heteroatoms. The van der Waals surface area contributed by atoms with Crippen molar-refractivity contribution in [2.45, 2.75) is 50.5 Å². The minimum atomic E-state index is -1.42. The lowest BCUT2D eigenvalue weighted by Gasteiger charge is -2.40. The second-order valence-electron chi connectivity index (χ2n) is 8.34. The van der Waals surface area contributed by atoms with Crippen molar-refractivity contribution >= 4 is 34.9 Å². The van der Waals surface area contributed by atoms with E-state index < -0.39 is 17.9 Å². The normalized spacial score (nSPS) is 18.0. The number of likely N-dealkylation sites (tertiary alicyclic amines) is 1. The van der Waals surface area contributed by atoms with E-state index >= 15 is 4.39 Å². The lowest BCUT2D eigenvalue weighted by molar-refractivity contribution is -0.119. The van der Waals surface area contributed by atoms with Gasteiger partial charge in [0.2, 0.25) is 5.91 Å². The van der Waals surface area contributed by atoms with Crippen LogP contribution in [-0.2, 0) is 11.2 Å². The molecular formula is C24H27Cl2FN2O3. The summed E-state index contributed by atoms with van der Waals surface area (Å²) in [6.07, 6.45) is -0.418. The molecule has 0 bridgehead atoms. The molecule has 2 aromatic rings. The number of piperidine rings is 1. The summed E-state index contributed by atoms with van der Waals surface area (Å²) in [4.78, 5) is 26.0. The van der Waals surface area contributed by atoms with Crippen LogP contribution in [0.5, 0.6) is 0 Å². The number of Topliss-reactive ketones (excluding diaryl/α,β-unsaturated/α-hetero) is 1. The van der Waals surface area contributed by atoms with Gasteiger partial charge in [-0.1, -0.05) is 59.6 Å². The van der Waals surface area contributed by atoms with Gasteiger partial charge < -0.3 is 10.4 Å². The second kappa shape index (κ2) is 10.8. The number of amides is 1. The Morgan fingerprint density at radius 2 is 1.78 bits per heavy atom. The molecule has 0 aromatic heterocycles. The first-order chi connectivity index (χ1) is 15.2. The molecule has 172 valence electrons. The van der Waals surface area contributed by atoms with Crippen LogP contribution in [0, 0.1) is 0 Å². The number of rotatable bonds is 8. The van der Waals surface area contributed by atoms with Crippen LogP contribution in [0.4, 0.5) is 4.39 Å². The van der Waals surface area contributed by atoms with Gasteiger partial charge in [-0.2, -0.15) is 0 Å². The van der Waals surface area contributed by atoms with E-state index in [1.807, 2.05) is 6.07 Å². The molecule has 2 unspecified atom stereocenters. The number of nitrogens with zero attached hydrogens (tertiary/aromatic N) is 1. The Kier molecular flexibility index (Phi) is 8.28. The Hall–Kier alpha value is -1.99. The first kappa shape index (κ1) is 24.6. The fraction of sp³-hybridized carbons (Fsp3) is 0.417. The Bertz CT molecular complexity index is 950. The van der Waals surface area contributed by atoms with Crippen LogP contribution in [0.3, 0.4) is 0 Å². The minimum absolute atomic E-state index is 0.154. The van der Waals surface area contributed by atoms with Gasteiger partial charge in [0.15, 0.2) is 12.1 Å². The van der Waals surface area contributed by atoms with E-state index in [1.54, 1.807) is 47.4 Å². The summed E-state index contributed by atoms with van der Waals surface area (Å²) in [7, 11) is 0. The molecule has 1 saturated heterocycles. The molecule has 2 atom stereocenters. The molecule has 1 aliphatic heterocycles. The van der Waals surface area contributed by atoms with Crippen molar-refractivity contribution in [1.82, 2.24) is 10.2 Å². The molecule has 0 aliphatic carbocycles. The predicted octanol–water partition coefficient (Wildman–Crippen LogP) is 4.44. The molecular weight excluding hydrogens is 454 g/mol. The summed E-state index contributed by atoms with van der Waals surface area (Å²) in [5.41, 5.74) is 0.323. The molecule has 0 spiro atoms. The van der Waals surface area contributed by atoms with Gasteiger partial charge in [0.25, 0.3) is 0 Å². The average molecular weight is 481 g/mol. The smallest absolute Gasteiger partial charge is 0.217 e. The van der Waals surface area contributed by atoms with Gasteiger partial charge in [-0.3, -0.25) is 14.5 Å². The SMILES string of the molecule is CC(=O)NC(CC(F)N1CCC(O)(Cc2ccc(Cl)c(Cl)c2)CC1)C(=O)c1ccccc1. The van der Waals surface area contributed by atoms with Gasteiger partial charge in [-0.25, -0.2) is 4.39 Å². The molecule has 2 aromatic carbocycles. The van der Waals surface area contributed by atoms with E-state index in [2.05, 4.69) is 5.32 Å². The fourth-order valence-electron chi connectivity index (χ4n) is 4.05. The van der Waals surface area contributed by atoms with E-state index in [4.69, 9.17) is 23.2 Å². The second-order valence-corrected chi connectivity index (χ2v) is 9.15. The number of ketones is 1. The first-order valence-electron chi connectivity index (χ1n) is 10.6. The van der Waals surface area contributed by atoms with Crippen molar-refractivity contribution in [3.63, 3.8) is 0 Å².